The largest absolute Gasteiger partial charge is 0.372 e. The molecule has 132 valence electrons. The number of hydrogen-bond donors (Lipinski definition) is 1. The molecule has 2 aromatic rings. The van der Waals surface area contributed by atoms with Crippen LogP contribution in [0.3, 0.4) is 0 Å². The smallest absolute Gasteiger partial charge is 0.317 e. The molecule has 1 atom stereocenters. The number of ether oxygens (including phenoxy) is 1. The lowest BCUT2D eigenvalue weighted by Gasteiger charge is -2.39. The molecule has 0 radical (unpaired) electrons. The third-order valence-corrected chi connectivity index (χ3v) is 4.58. The summed E-state index contributed by atoms with van der Waals surface area (Å²) in [6.45, 7) is 6.20. The normalized spacial score (nSPS) is 20.3. The molecule has 2 amide bonds. The van der Waals surface area contributed by atoms with E-state index in [0.717, 1.165) is 17.5 Å². The van der Waals surface area contributed by atoms with Crippen molar-refractivity contribution in [3.8, 4) is 11.1 Å². The van der Waals surface area contributed by atoms with Crippen molar-refractivity contribution >= 4 is 6.03 Å². The van der Waals surface area contributed by atoms with Crippen LogP contribution < -0.4 is 5.32 Å². The minimum Gasteiger partial charge on any atom is -0.372 e. The molecule has 1 aliphatic heterocycles. The molecule has 1 aliphatic rings. The van der Waals surface area contributed by atoms with Crippen LogP contribution in [0.2, 0.25) is 0 Å². The summed E-state index contributed by atoms with van der Waals surface area (Å²) in [5, 5.41) is 2.90. The zero-order valence-corrected chi connectivity index (χ0v) is 14.7. The van der Waals surface area contributed by atoms with Crippen LogP contribution in [0.15, 0.2) is 42.7 Å². The maximum Gasteiger partial charge on any atom is 0.317 e. The van der Waals surface area contributed by atoms with E-state index in [1.165, 1.54) is 0 Å². The Hall–Kier alpha value is -2.47. The average molecular weight is 340 g/mol. The molecule has 1 aromatic heterocycles. The number of morpholine rings is 1. The van der Waals surface area contributed by atoms with E-state index in [0.29, 0.717) is 32.1 Å². The summed E-state index contributed by atoms with van der Waals surface area (Å²) >= 11 is 0. The standard InChI is InChI=1S/C19H24N4O2/c1-3-19(2)14-23(9-10-25-19)18(24)22-13-17-20-11-16(12-21-17)15-7-5-4-6-8-15/h4-8,11-12H,3,9-10,13-14H2,1-2H3,(H,22,24). The van der Waals surface area contributed by atoms with Crippen LogP contribution in [-0.2, 0) is 11.3 Å². The number of urea groups is 1. The second-order valence-electron chi connectivity index (χ2n) is 6.49. The van der Waals surface area contributed by atoms with Crippen molar-refractivity contribution < 1.29 is 9.53 Å². The summed E-state index contributed by atoms with van der Waals surface area (Å²) in [5.74, 6) is 0.597. The van der Waals surface area contributed by atoms with E-state index in [4.69, 9.17) is 4.74 Å². The quantitative estimate of drug-likeness (QED) is 0.929. The predicted octanol–water partition coefficient (Wildman–Crippen LogP) is 2.85. The Balaban J connectivity index is 1.55. The van der Waals surface area contributed by atoms with Gasteiger partial charge in [0, 0.05) is 24.5 Å². The lowest BCUT2D eigenvalue weighted by molar-refractivity contribution is -0.0872. The second-order valence-corrected chi connectivity index (χ2v) is 6.49. The highest BCUT2D eigenvalue weighted by atomic mass is 16.5. The van der Waals surface area contributed by atoms with Crippen LogP contribution >= 0.6 is 0 Å². The third kappa shape index (κ3) is 4.33. The molecular weight excluding hydrogens is 316 g/mol. The molecule has 1 N–H and O–H groups in total. The van der Waals surface area contributed by atoms with Gasteiger partial charge >= 0.3 is 6.03 Å². The highest BCUT2D eigenvalue weighted by molar-refractivity contribution is 5.74. The van der Waals surface area contributed by atoms with Crippen LogP contribution in [-0.4, -0.2) is 46.2 Å². The van der Waals surface area contributed by atoms with Gasteiger partial charge in [-0.05, 0) is 18.9 Å². The number of amides is 2. The first kappa shape index (κ1) is 17.4. The van der Waals surface area contributed by atoms with Crippen LogP contribution in [0.25, 0.3) is 11.1 Å². The minimum absolute atomic E-state index is 0.0984. The van der Waals surface area contributed by atoms with Gasteiger partial charge in [0.25, 0.3) is 0 Å². The van der Waals surface area contributed by atoms with Crippen molar-refractivity contribution in [1.29, 1.82) is 0 Å². The van der Waals surface area contributed by atoms with E-state index in [9.17, 15) is 4.79 Å². The molecule has 3 rings (SSSR count). The van der Waals surface area contributed by atoms with Crippen molar-refractivity contribution in [3.63, 3.8) is 0 Å². The summed E-state index contributed by atoms with van der Waals surface area (Å²) in [6, 6.07) is 9.88. The molecule has 2 heterocycles. The zero-order chi connectivity index (χ0) is 17.7. The molecule has 0 aliphatic carbocycles. The highest BCUT2D eigenvalue weighted by Gasteiger charge is 2.32. The van der Waals surface area contributed by atoms with Gasteiger partial charge in [0.1, 0.15) is 5.82 Å². The number of aromatic nitrogens is 2. The Morgan fingerprint density at radius 2 is 1.96 bits per heavy atom. The van der Waals surface area contributed by atoms with Gasteiger partial charge in [0.15, 0.2) is 0 Å². The molecule has 6 nitrogen and oxygen atoms in total. The van der Waals surface area contributed by atoms with Crippen LogP contribution in [0.1, 0.15) is 26.1 Å². The Bertz CT molecular complexity index is 705. The second kappa shape index (κ2) is 7.61. The van der Waals surface area contributed by atoms with Gasteiger partial charge in [-0.15, -0.1) is 0 Å². The topological polar surface area (TPSA) is 67.4 Å². The number of nitrogens with one attached hydrogen (secondary N) is 1. The van der Waals surface area contributed by atoms with E-state index < -0.39 is 0 Å². The first-order valence-electron chi connectivity index (χ1n) is 8.63. The average Bonchev–Trinajstić information content (AvgIpc) is 2.67. The Morgan fingerprint density at radius 3 is 2.64 bits per heavy atom. The van der Waals surface area contributed by atoms with Crippen molar-refractivity contribution in [2.75, 3.05) is 19.7 Å². The molecule has 6 heteroatoms. The summed E-state index contributed by atoms with van der Waals surface area (Å²) < 4.78 is 5.77. The van der Waals surface area contributed by atoms with Gasteiger partial charge in [-0.2, -0.15) is 0 Å². The van der Waals surface area contributed by atoms with E-state index in [-0.39, 0.29) is 11.6 Å². The van der Waals surface area contributed by atoms with Crippen molar-refractivity contribution in [3.05, 3.63) is 48.5 Å². The van der Waals surface area contributed by atoms with Crippen molar-refractivity contribution in [2.45, 2.75) is 32.4 Å². The van der Waals surface area contributed by atoms with E-state index in [1.54, 1.807) is 17.3 Å². The summed E-state index contributed by atoms with van der Waals surface area (Å²) in [6.07, 6.45) is 4.44. The number of benzene rings is 1. The summed E-state index contributed by atoms with van der Waals surface area (Å²) in [4.78, 5) is 22.9. The minimum atomic E-state index is -0.260. The first-order valence-corrected chi connectivity index (χ1v) is 8.63. The van der Waals surface area contributed by atoms with Gasteiger partial charge in [0.2, 0.25) is 0 Å². The fourth-order valence-corrected chi connectivity index (χ4v) is 2.81. The maximum absolute atomic E-state index is 12.4. The molecule has 1 fully saturated rings. The van der Waals surface area contributed by atoms with Crippen LogP contribution in [0, 0.1) is 0 Å². The lowest BCUT2D eigenvalue weighted by atomic mass is 10.0. The molecular formula is C19H24N4O2. The van der Waals surface area contributed by atoms with Gasteiger partial charge in [-0.25, -0.2) is 14.8 Å². The lowest BCUT2D eigenvalue weighted by Crippen LogP contribution is -2.54. The van der Waals surface area contributed by atoms with Crippen molar-refractivity contribution in [2.24, 2.45) is 0 Å². The molecule has 1 unspecified atom stereocenters. The number of hydrogen-bond acceptors (Lipinski definition) is 4. The molecule has 1 aromatic carbocycles. The van der Waals surface area contributed by atoms with Gasteiger partial charge in [0.05, 0.1) is 25.3 Å². The molecule has 0 bridgehead atoms. The summed E-state index contributed by atoms with van der Waals surface area (Å²) in [7, 11) is 0. The van der Waals surface area contributed by atoms with Gasteiger partial charge in [-0.3, -0.25) is 0 Å². The predicted molar refractivity (Wildman–Crippen MR) is 95.9 cm³/mol. The molecule has 0 spiro atoms. The molecule has 1 saturated heterocycles. The van der Waals surface area contributed by atoms with E-state index in [1.807, 2.05) is 37.3 Å². The van der Waals surface area contributed by atoms with E-state index in [2.05, 4.69) is 22.2 Å². The third-order valence-electron chi connectivity index (χ3n) is 4.58. The van der Waals surface area contributed by atoms with Gasteiger partial charge < -0.3 is 15.0 Å². The zero-order valence-electron chi connectivity index (χ0n) is 14.7. The van der Waals surface area contributed by atoms with E-state index >= 15 is 0 Å². The monoisotopic (exact) mass is 340 g/mol. The highest BCUT2D eigenvalue weighted by Crippen LogP contribution is 2.21. The number of nitrogens with zero attached hydrogens (tertiary/aromatic N) is 3. The van der Waals surface area contributed by atoms with Crippen molar-refractivity contribution in [1.82, 2.24) is 20.2 Å². The Labute approximate surface area is 148 Å². The van der Waals surface area contributed by atoms with Crippen LogP contribution in [0.5, 0.6) is 0 Å². The fourth-order valence-electron chi connectivity index (χ4n) is 2.81. The molecule has 0 saturated carbocycles. The Kier molecular flexibility index (Phi) is 5.28. The fraction of sp³-hybridized carbons (Fsp3) is 0.421. The number of rotatable bonds is 4. The van der Waals surface area contributed by atoms with Gasteiger partial charge in [-0.1, -0.05) is 37.3 Å². The maximum atomic E-state index is 12.4. The first-order chi connectivity index (χ1) is 12.1. The number of carbonyl (C=O) groups excluding carboxylic acids is 1. The molecule has 25 heavy (non-hydrogen) atoms. The van der Waals surface area contributed by atoms with Crippen LogP contribution in [0.4, 0.5) is 4.79 Å². The Morgan fingerprint density at radius 1 is 1.24 bits per heavy atom. The SMILES string of the molecule is CCC1(C)CN(C(=O)NCc2ncc(-c3ccccc3)cn2)CCO1. The summed E-state index contributed by atoms with van der Waals surface area (Å²) in [5.41, 5.74) is 1.77. The number of carbonyl (C=O) groups is 1.